The fourth-order valence-corrected chi connectivity index (χ4v) is 3.53. The van der Waals surface area contributed by atoms with Crippen LogP contribution in [0.5, 0.6) is 11.5 Å². The van der Waals surface area contributed by atoms with Crippen LogP contribution < -0.4 is 9.47 Å². The second-order valence-corrected chi connectivity index (χ2v) is 7.77. The fraction of sp³-hybridized carbons (Fsp3) is 0.333. The lowest BCUT2D eigenvalue weighted by atomic mass is 9.94. The van der Waals surface area contributed by atoms with E-state index in [9.17, 15) is 5.11 Å². The van der Waals surface area contributed by atoms with Gasteiger partial charge in [-0.3, -0.25) is 4.90 Å². The predicted molar refractivity (Wildman–Crippen MR) is 111 cm³/mol. The molecular formula is C24H27NO4. The van der Waals surface area contributed by atoms with Gasteiger partial charge in [0.2, 0.25) is 0 Å². The van der Waals surface area contributed by atoms with Gasteiger partial charge >= 0.3 is 0 Å². The molecule has 2 aromatic carbocycles. The molecule has 0 aliphatic carbocycles. The van der Waals surface area contributed by atoms with Crippen LogP contribution in [-0.2, 0) is 18.7 Å². The van der Waals surface area contributed by atoms with Crippen LogP contribution in [0, 0.1) is 6.92 Å². The molecule has 0 fully saturated rings. The zero-order valence-corrected chi connectivity index (χ0v) is 16.9. The van der Waals surface area contributed by atoms with Crippen molar-refractivity contribution in [3.05, 3.63) is 83.3 Å². The lowest BCUT2D eigenvalue weighted by Gasteiger charge is -2.25. The molecule has 1 aliphatic heterocycles. The number of fused-ring (bicyclic) bond motifs is 1. The molecule has 3 aromatic rings. The molecule has 1 atom stereocenters. The molecule has 0 amide bonds. The lowest BCUT2D eigenvalue weighted by molar-refractivity contribution is 0.00748. The maximum atomic E-state index is 11.0. The molecule has 2 heterocycles. The molecule has 1 aromatic heterocycles. The third kappa shape index (κ3) is 4.81. The molecule has 1 unspecified atom stereocenters. The Bertz CT molecular complexity index is 949. The highest BCUT2D eigenvalue weighted by Crippen LogP contribution is 2.30. The van der Waals surface area contributed by atoms with Crippen LogP contribution in [0.2, 0.25) is 0 Å². The average Bonchev–Trinajstić information content (AvgIpc) is 3.01. The van der Waals surface area contributed by atoms with Gasteiger partial charge in [0.1, 0.15) is 41.8 Å². The first-order chi connectivity index (χ1) is 14.0. The maximum absolute atomic E-state index is 11.0. The van der Waals surface area contributed by atoms with E-state index in [1.165, 1.54) is 0 Å². The summed E-state index contributed by atoms with van der Waals surface area (Å²) in [5.74, 6) is 3.48. The molecule has 0 bridgehead atoms. The fourth-order valence-electron chi connectivity index (χ4n) is 3.53. The van der Waals surface area contributed by atoms with Crippen LogP contribution in [-0.4, -0.2) is 29.8 Å². The number of furan rings is 1. The molecule has 0 spiro atoms. The highest BCUT2D eigenvalue weighted by molar-refractivity contribution is 5.40. The summed E-state index contributed by atoms with van der Waals surface area (Å²) in [7, 11) is 0. The van der Waals surface area contributed by atoms with Crippen molar-refractivity contribution in [2.24, 2.45) is 0 Å². The highest BCUT2D eigenvalue weighted by atomic mass is 16.5. The third-order valence-electron chi connectivity index (χ3n) is 5.18. The summed E-state index contributed by atoms with van der Waals surface area (Å²) in [4.78, 5) is 2.29. The Morgan fingerprint density at radius 1 is 1.10 bits per heavy atom. The van der Waals surface area contributed by atoms with Gasteiger partial charge in [-0.05, 0) is 55.8 Å². The minimum absolute atomic E-state index is 0.173. The van der Waals surface area contributed by atoms with Crippen molar-refractivity contribution in [1.82, 2.24) is 4.90 Å². The Hall–Kier alpha value is -2.76. The SMILES string of the molecule is Cc1ccc(CN2CCOc3ccc(C(C)(O)COc4ccccc4)cc3C2)o1. The molecule has 29 heavy (non-hydrogen) atoms. The summed E-state index contributed by atoms with van der Waals surface area (Å²) in [5, 5.41) is 11.0. The quantitative estimate of drug-likeness (QED) is 0.678. The van der Waals surface area contributed by atoms with Crippen molar-refractivity contribution in [2.75, 3.05) is 19.8 Å². The van der Waals surface area contributed by atoms with Gasteiger partial charge in [0.15, 0.2) is 0 Å². The van der Waals surface area contributed by atoms with Crippen LogP contribution >= 0.6 is 0 Å². The van der Waals surface area contributed by atoms with E-state index in [1.807, 2.05) is 67.6 Å². The van der Waals surface area contributed by atoms with E-state index in [4.69, 9.17) is 13.9 Å². The Balaban J connectivity index is 1.49. The summed E-state index contributed by atoms with van der Waals surface area (Å²) in [6.07, 6.45) is 0. The monoisotopic (exact) mass is 393 g/mol. The molecule has 0 saturated heterocycles. The van der Waals surface area contributed by atoms with Gasteiger partial charge in [-0.15, -0.1) is 0 Å². The van der Waals surface area contributed by atoms with Gasteiger partial charge in [-0.2, -0.15) is 0 Å². The van der Waals surface area contributed by atoms with Crippen molar-refractivity contribution >= 4 is 0 Å². The Labute approximate surface area is 171 Å². The molecule has 5 heteroatoms. The number of aryl methyl sites for hydroxylation is 1. The number of rotatable bonds is 6. The zero-order chi connectivity index (χ0) is 20.3. The van der Waals surface area contributed by atoms with Crippen molar-refractivity contribution in [1.29, 1.82) is 0 Å². The Kier molecular flexibility index (Phi) is 5.60. The normalized spacial score (nSPS) is 16.4. The molecule has 0 radical (unpaired) electrons. The van der Waals surface area contributed by atoms with Crippen LogP contribution in [0.15, 0.2) is 65.1 Å². The molecule has 4 rings (SSSR count). The minimum Gasteiger partial charge on any atom is -0.492 e. The van der Waals surface area contributed by atoms with E-state index < -0.39 is 5.60 Å². The second kappa shape index (κ2) is 8.31. The topological polar surface area (TPSA) is 55.1 Å². The van der Waals surface area contributed by atoms with E-state index >= 15 is 0 Å². The van der Waals surface area contributed by atoms with E-state index in [1.54, 1.807) is 6.92 Å². The molecule has 1 aliphatic rings. The minimum atomic E-state index is -1.11. The van der Waals surface area contributed by atoms with Gasteiger partial charge in [0.25, 0.3) is 0 Å². The summed E-state index contributed by atoms with van der Waals surface area (Å²) < 4.78 is 17.5. The number of nitrogens with zero attached hydrogens (tertiary/aromatic N) is 1. The number of ether oxygens (including phenoxy) is 2. The van der Waals surface area contributed by atoms with Crippen molar-refractivity contribution in [2.45, 2.75) is 32.5 Å². The first-order valence-corrected chi connectivity index (χ1v) is 9.94. The Morgan fingerprint density at radius 3 is 2.69 bits per heavy atom. The number of hydrogen-bond donors (Lipinski definition) is 1. The van der Waals surface area contributed by atoms with E-state index in [0.717, 1.165) is 53.8 Å². The number of benzene rings is 2. The molecular weight excluding hydrogens is 366 g/mol. The summed E-state index contributed by atoms with van der Waals surface area (Å²) >= 11 is 0. The zero-order valence-electron chi connectivity index (χ0n) is 16.9. The first-order valence-electron chi connectivity index (χ1n) is 9.94. The van der Waals surface area contributed by atoms with Crippen LogP contribution in [0.4, 0.5) is 0 Å². The van der Waals surface area contributed by atoms with Gasteiger partial charge in [0, 0.05) is 18.7 Å². The van der Waals surface area contributed by atoms with Gasteiger partial charge < -0.3 is 19.0 Å². The predicted octanol–water partition coefficient (Wildman–Crippen LogP) is 4.27. The average molecular weight is 393 g/mol. The van der Waals surface area contributed by atoms with Crippen molar-refractivity contribution in [3.8, 4) is 11.5 Å². The van der Waals surface area contributed by atoms with Gasteiger partial charge in [-0.25, -0.2) is 0 Å². The van der Waals surface area contributed by atoms with E-state index in [-0.39, 0.29) is 6.61 Å². The molecule has 1 N–H and O–H groups in total. The van der Waals surface area contributed by atoms with E-state index in [0.29, 0.717) is 6.61 Å². The van der Waals surface area contributed by atoms with Gasteiger partial charge in [0.05, 0.1) is 6.54 Å². The first kappa shape index (κ1) is 19.6. The van der Waals surface area contributed by atoms with E-state index in [2.05, 4.69) is 4.90 Å². The summed E-state index contributed by atoms with van der Waals surface area (Å²) in [6.45, 7) is 6.81. The largest absolute Gasteiger partial charge is 0.492 e. The van der Waals surface area contributed by atoms with Crippen LogP contribution in [0.1, 0.15) is 29.6 Å². The number of hydrogen-bond acceptors (Lipinski definition) is 5. The summed E-state index contributed by atoms with van der Waals surface area (Å²) in [6, 6.07) is 19.4. The molecule has 152 valence electrons. The Morgan fingerprint density at radius 2 is 1.93 bits per heavy atom. The maximum Gasteiger partial charge on any atom is 0.123 e. The smallest absolute Gasteiger partial charge is 0.123 e. The van der Waals surface area contributed by atoms with Crippen LogP contribution in [0.3, 0.4) is 0 Å². The number of aliphatic hydroxyl groups is 1. The molecule has 5 nitrogen and oxygen atoms in total. The van der Waals surface area contributed by atoms with Crippen molar-refractivity contribution < 1.29 is 19.0 Å². The third-order valence-corrected chi connectivity index (χ3v) is 5.18. The molecule has 0 saturated carbocycles. The van der Waals surface area contributed by atoms with Gasteiger partial charge in [-0.1, -0.05) is 24.3 Å². The van der Waals surface area contributed by atoms with Crippen molar-refractivity contribution in [3.63, 3.8) is 0 Å². The number of para-hydroxylation sites is 1. The standard InChI is InChI=1S/C24H27NO4/c1-18-8-10-22(29-18)16-25-12-13-27-23-11-9-20(14-19(23)15-25)24(2,26)17-28-21-6-4-3-5-7-21/h3-11,14,26H,12-13,15-17H2,1-2H3. The summed E-state index contributed by atoms with van der Waals surface area (Å²) in [5.41, 5.74) is 0.759. The highest BCUT2D eigenvalue weighted by Gasteiger charge is 2.26. The van der Waals surface area contributed by atoms with Crippen LogP contribution in [0.25, 0.3) is 0 Å². The second-order valence-electron chi connectivity index (χ2n) is 7.77. The lowest BCUT2D eigenvalue weighted by Crippen LogP contribution is -2.30.